The number of aliphatic carboxylic acids is 2. The van der Waals surface area contributed by atoms with E-state index in [0.717, 1.165) is 7.11 Å². The third-order valence-electron chi connectivity index (χ3n) is 4.10. The summed E-state index contributed by atoms with van der Waals surface area (Å²) < 4.78 is 19.4. The predicted octanol–water partition coefficient (Wildman–Crippen LogP) is -13.2. The fraction of sp³-hybridized carbons (Fsp3) is 0.846. The Balaban J connectivity index is 0.00000364. The van der Waals surface area contributed by atoms with Gasteiger partial charge in [0, 0.05) is 7.11 Å². The number of hydrogen-bond acceptors (Lipinski definition) is 13. The average molecular weight is 428 g/mol. The van der Waals surface area contributed by atoms with Gasteiger partial charge in [-0.15, -0.1) is 0 Å². The van der Waals surface area contributed by atoms with E-state index < -0.39 is 73.4 Å². The van der Waals surface area contributed by atoms with Crippen LogP contribution in [-0.2, 0) is 28.5 Å². The zero-order valence-electron chi connectivity index (χ0n) is 15.3. The van der Waals surface area contributed by atoms with Gasteiger partial charge in [0.25, 0.3) is 0 Å². The molecule has 150 valence electrons. The molecule has 2 heterocycles. The molecule has 2 aliphatic rings. The maximum atomic E-state index is 11.2. The number of hydrogen-bond donors (Lipinski definition) is 5. The van der Waals surface area contributed by atoms with Crippen molar-refractivity contribution in [2.75, 3.05) is 7.11 Å². The Morgan fingerprint density at radius 3 is 1.68 bits per heavy atom. The molecule has 15 heteroatoms. The Bertz CT molecular complexity index is 537. The second-order valence-corrected chi connectivity index (χ2v) is 5.78. The standard InChI is InChI=1S/C13H20O13.2Na/c1-23-12-6(18)4(16)7(9(26-12)11(21)22)24-13-5(17)2(14)3(15)8(25-13)10(19)20;;/h2-9,12-18H,1H3,(H,19,20)(H,21,22);;/q;2*+1/p-2/t2-,3-,4+,5+,6+,7-,8-,9-,12+,13-;;/m0../s1. The zero-order valence-corrected chi connectivity index (χ0v) is 19.3. The summed E-state index contributed by atoms with van der Waals surface area (Å²) in [4.78, 5) is 22.2. The molecule has 10 atom stereocenters. The molecule has 2 rings (SSSR count). The van der Waals surface area contributed by atoms with Gasteiger partial charge in [-0.25, -0.2) is 0 Å². The van der Waals surface area contributed by atoms with Gasteiger partial charge in [0.05, 0.1) is 11.9 Å². The molecular weight excluding hydrogens is 410 g/mol. The molecule has 0 radical (unpaired) electrons. The predicted molar refractivity (Wildman–Crippen MR) is 69.3 cm³/mol. The third kappa shape index (κ3) is 5.84. The van der Waals surface area contributed by atoms with Gasteiger partial charge in [-0.2, -0.15) is 0 Å². The third-order valence-corrected chi connectivity index (χ3v) is 4.10. The summed E-state index contributed by atoms with van der Waals surface area (Å²) in [5.41, 5.74) is 0. The van der Waals surface area contributed by atoms with Crippen molar-refractivity contribution in [2.24, 2.45) is 0 Å². The molecule has 0 aromatic rings. The zero-order chi connectivity index (χ0) is 19.8. The minimum absolute atomic E-state index is 0. The summed E-state index contributed by atoms with van der Waals surface area (Å²) >= 11 is 0. The number of methoxy groups -OCH3 is 1. The number of aliphatic hydroxyl groups excluding tert-OH is 5. The van der Waals surface area contributed by atoms with E-state index >= 15 is 0 Å². The Morgan fingerprint density at radius 2 is 1.21 bits per heavy atom. The topological polar surface area (TPSA) is 218 Å². The first kappa shape index (κ1) is 28.6. The normalized spacial score (nSPS) is 43.4. The van der Waals surface area contributed by atoms with E-state index in [2.05, 4.69) is 4.74 Å². The monoisotopic (exact) mass is 428 g/mol. The second-order valence-electron chi connectivity index (χ2n) is 5.78. The van der Waals surface area contributed by atoms with E-state index in [1.165, 1.54) is 0 Å². The summed E-state index contributed by atoms with van der Waals surface area (Å²) in [5, 5.41) is 71.2. The number of carboxylic acid groups (broad SMARTS) is 2. The summed E-state index contributed by atoms with van der Waals surface area (Å²) in [5.74, 6) is -3.81. The fourth-order valence-corrected chi connectivity index (χ4v) is 2.68. The second kappa shape index (κ2) is 11.8. The van der Waals surface area contributed by atoms with Gasteiger partial charge in [-0.05, 0) is 0 Å². The van der Waals surface area contributed by atoms with E-state index in [-0.39, 0.29) is 59.1 Å². The first-order chi connectivity index (χ1) is 12.1. The molecule has 0 amide bonds. The summed E-state index contributed by atoms with van der Waals surface area (Å²) in [7, 11) is 1.07. The van der Waals surface area contributed by atoms with Gasteiger partial charge < -0.3 is 64.3 Å². The van der Waals surface area contributed by atoms with Crippen LogP contribution >= 0.6 is 0 Å². The first-order valence-electron chi connectivity index (χ1n) is 7.41. The van der Waals surface area contributed by atoms with E-state index in [0.29, 0.717) is 0 Å². The summed E-state index contributed by atoms with van der Waals surface area (Å²) in [6.07, 6.45) is -19.4. The van der Waals surface area contributed by atoms with E-state index in [4.69, 9.17) is 14.2 Å². The smallest absolute Gasteiger partial charge is 0.547 e. The number of ether oxygens (including phenoxy) is 4. The van der Waals surface area contributed by atoms with Gasteiger partial charge in [0.1, 0.15) is 48.8 Å². The van der Waals surface area contributed by atoms with Crippen LogP contribution in [0.2, 0.25) is 0 Å². The molecule has 0 bridgehead atoms. The van der Waals surface area contributed by atoms with Crippen LogP contribution in [0.4, 0.5) is 0 Å². The van der Waals surface area contributed by atoms with Crippen LogP contribution in [0.1, 0.15) is 0 Å². The van der Waals surface area contributed by atoms with E-state index in [1.807, 2.05) is 0 Å². The molecule has 28 heavy (non-hydrogen) atoms. The number of rotatable bonds is 5. The maximum absolute atomic E-state index is 11.2. The van der Waals surface area contributed by atoms with Crippen LogP contribution in [0.5, 0.6) is 0 Å². The molecule has 2 aliphatic heterocycles. The van der Waals surface area contributed by atoms with Crippen LogP contribution in [0, 0.1) is 0 Å². The van der Waals surface area contributed by atoms with Crippen molar-refractivity contribution in [3.05, 3.63) is 0 Å². The first-order valence-corrected chi connectivity index (χ1v) is 7.41. The van der Waals surface area contributed by atoms with Crippen LogP contribution < -0.4 is 69.3 Å². The number of carboxylic acids is 2. The Kier molecular flexibility index (Phi) is 12.1. The van der Waals surface area contributed by atoms with Crippen molar-refractivity contribution in [1.29, 1.82) is 0 Å². The molecule has 0 unspecified atom stereocenters. The fourth-order valence-electron chi connectivity index (χ4n) is 2.68. The molecule has 2 fully saturated rings. The number of carbonyl (C=O) groups is 2. The van der Waals surface area contributed by atoms with Crippen molar-refractivity contribution in [2.45, 2.75) is 61.4 Å². The SMILES string of the molecule is CO[C@@H]1O[C@H](C(=O)[O-])[C@@H](O[C@H]2O[C@H](C(=O)[O-])[C@@H](O)[C@H](O)[C@H]2O)[C@H](O)[C@H]1O.[Na+].[Na+]. The summed E-state index contributed by atoms with van der Waals surface area (Å²) in [6, 6.07) is 0. The molecule has 0 aliphatic carbocycles. The molecule has 0 spiro atoms. The van der Waals surface area contributed by atoms with Crippen molar-refractivity contribution in [3.63, 3.8) is 0 Å². The van der Waals surface area contributed by atoms with Gasteiger partial charge in [-0.3, -0.25) is 0 Å². The van der Waals surface area contributed by atoms with E-state index in [1.54, 1.807) is 0 Å². The number of aliphatic hydroxyl groups is 5. The van der Waals surface area contributed by atoms with Crippen molar-refractivity contribution in [1.82, 2.24) is 0 Å². The molecule has 5 N–H and O–H groups in total. The molecule has 2 saturated heterocycles. The Hall–Kier alpha value is 0.580. The maximum Gasteiger partial charge on any atom is 1.00 e. The minimum Gasteiger partial charge on any atom is -0.547 e. The van der Waals surface area contributed by atoms with Gasteiger partial charge >= 0.3 is 59.1 Å². The quantitative estimate of drug-likeness (QED) is 0.257. The average Bonchev–Trinajstić information content (AvgIpc) is 2.58. The summed E-state index contributed by atoms with van der Waals surface area (Å²) in [6.45, 7) is 0. The van der Waals surface area contributed by atoms with Crippen LogP contribution in [0.15, 0.2) is 0 Å². The Labute approximate surface area is 202 Å². The van der Waals surface area contributed by atoms with E-state index in [9.17, 15) is 45.3 Å². The number of carbonyl (C=O) groups excluding carboxylic acids is 2. The van der Waals surface area contributed by atoms with Crippen LogP contribution in [0.25, 0.3) is 0 Å². The molecule has 13 nitrogen and oxygen atoms in total. The van der Waals surface area contributed by atoms with Crippen molar-refractivity contribution in [3.8, 4) is 0 Å². The van der Waals surface area contributed by atoms with Crippen LogP contribution in [-0.4, -0.2) is 106 Å². The van der Waals surface area contributed by atoms with Gasteiger partial charge in [0.2, 0.25) is 0 Å². The molecule has 0 saturated carbocycles. The minimum atomic E-state index is -2.11. The molecular formula is C13H18Na2O13. The molecule has 0 aromatic heterocycles. The van der Waals surface area contributed by atoms with Crippen molar-refractivity contribution < 1.29 is 123 Å². The van der Waals surface area contributed by atoms with Crippen molar-refractivity contribution >= 4 is 11.9 Å². The van der Waals surface area contributed by atoms with Crippen LogP contribution in [0.3, 0.4) is 0 Å². The Morgan fingerprint density at radius 1 is 0.750 bits per heavy atom. The largest absolute Gasteiger partial charge is 1.00 e. The van der Waals surface area contributed by atoms with Gasteiger partial charge in [-0.1, -0.05) is 0 Å². The molecule has 0 aromatic carbocycles. The van der Waals surface area contributed by atoms with Gasteiger partial charge in [0.15, 0.2) is 12.6 Å².